The van der Waals surface area contributed by atoms with E-state index in [1.54, 1.807) is 0 Å². The summed E-state index contributed by atoms with van der Waals surface area (Å²) in [4.78, 5) is 6.78. The van der Waals surface area contributed by atoms with Gasteiger partial charge in [0.1, 0.15) is 6.54 Å². The molecular weight excluding hydrogens is 240 g/mol. The Morgan fingerprint density at radius 2 is 2.16 bits per heavy atom. The van der Waals surface area contributed by atoms with Gasteiger partial charge in [0.05, 0.1) is 30.7 Å². The molecule has 19 heavy (non-hydrogen) atoms. The summed E-state index contributed by atoms with van der Waals surface area (Å²) < 4.78 is 5.30. The van der Waals surface area contributed by atoms with Gasteiger partial charge < -0.3 is 10.1 Å². The number of nitrogens with zero attached hydrogens (tertiary/aromatic N) is 3. The molecule has 2 rings (SSSR count). The van der Waals surface area contributed by atoms with E-state index in [9.17, 15) is 0 Å². The van der Waals surface area contributed by atoms with Crippen molar-refractivity contribution in [2.45, 2.75) is 0 Å². The van der Waals surface area contributed by atoms with Crippen LogP contribution >= 0.6 is 0 Å². The number of rotatable bonds is 5. The maximum Gasteiger partial charge on any atom is 0.103 e. The third kappa shape index (κ3) is 4.36. The highest BCUT2D eigenvalue weighted by atomic mass is 16.5. The lowest BCUT2D eigenvalue weighted by Crippen LogP contribution is -2.37. The Kier molecular flexibility index (Phi) is 5.35. The predicted molar refractivity (Wildman–Crippen MR) is 76.0 cm³/mol. The third-order valence-corrected chi connectivity index (χ3v) is 2.94. The predicted octanol–water partition coefficient (Wildman–Crippen LogP) is 1.66. The number of morpholine rings is 1. The number of anilines is 1. The first-order valence-corrected chi connectivity index (χ1v) is 6.42. The number of hydrogen-bond acceptors (Lipinski definition) is 5. The summed E-state index contributed by atoms with van der Waals surface area (Å²) in [6, 6.07) is 9.81. The van der Waals surface area contributed by atoms with Crippen LogP contribution in [0.4, 0.5) is 11.4 Å². The van der Waals surface area contributed by atoms with Gasteiger partial charge in [-0.1, -0.05) is 12.1 Å². The Morgan fingerprint density at radius 3 is 2.95 bits per heavy atom. The number of ether oxygens (including phenoxy) is 1. The van der Waals surface area contributed by atoms with Gasteiger partial charge in [0.25, 0.3) is 0 Å². The SMILES string of the molecule is N#CCNc1ccccc1N=CCN1CCOCC1. The molecule has 0 bridgehead atoms. The lowest BCUT2D eigenvalue weighted by Gasteiger charge is -2.24. The summed E-state index contributed by atoms with van der Waals surface area (Å²) in [6.45, 7) is 4.63. The lowest BCUT2D eigenvalue weighted by atomic mass is 10.2. The molecule has 1 aliphatic heterocycles. The van der Waals surface area contributed by atoms with Crippen LogP contribution < -0.4 is 5.32 Å². The van der Waals surface area contributed by atoms with E-state index >= 15 is 0 Å². The van der Waals surface area contributed by atoms with Crippen molar-refractivity contribution in [1.29, 1.82) is 5.26 Å². The lowest BCUT2D eigenvalue weighted by molar-refractivity contribution is 0.0457. The van der Waals surface area contributed by atoms with Crippen molar-refractivity contribution in [2.75, 3.05) is 44.7 Å². The molecule has 0 aliphatic carbocycles. The number of nitrogens with one attached hydrogen (secondary N) is 1. The molecule has 0 saturated carbocycles. The van der Waals surface area contributed by atoms with Gasteiger partial charge in [0.2, 0.25) is 0 Å². The molecule has 100 valence electrons. The molecule has 0 amide bonds. The zero-order valence-electron chi connectivity index (χ0n) is 10.9. The van der Waals surface area contributed by atoms with Gasteiger partial charge in [-0.2, -0.15) is 5.26 Å². The van der Waals surface area contributed by atoms with Crippen molar-refractivity contribution >= 4 is 17.6 Å². The molecule has 0 aromatic heterocycles. The number of aliphatic imine (C=N–C) groups is 1. The minimum Gasteiger partial charge on any atom is -0.379 e. The molecule has 5 nitrogen and oxygen atoms in total. The standard InChI is InChI=1S/C14H18N4O/c15-5-6-16-13-3-1-2-4-14(13)17-7-8-18-9-11-19-12-10-18/h1-4,7,16H,6,8-12H2. The first kappa shape index (κ1) is 13.5. The molecule has 5 heteroatoms. The molecule has 1 N–H and O–H groups in total. The Bertz CT molecular complexity index is 461. The second-order valence-corrected chi connectivity index (χ2v) is 4.25. The summed E-state index contributed by atoms with van der Waals surface area (Å²) >= 11 is 0. The maximum atomic E-state index is 8.60. The van der Waals surface area contributed by atoms with E-state index in [1.165, 1.54) is 0 Å². The Morgan fingerprint density at radius 1 is 1.37 bits per heavy atom. The Balaban J connectivity index is 1.92. The van der Waals surface area contributed by atoms with E-state index < -0.39 is 0 Å². The molecule has 0 spiro atoms. The average Bonchev–Trinajstić information content (AvgIpc) is 2.47. The van der Waals surface area contributed by atoms with E-state index in [1.807, 2.05) is 30.5 Å². The van der Waals surface area contributed by atoms with E-state index in [0.29, 0.717) is 0 Å². The van der Waals surface area contributed by atoms with Crippen molar-refractivity contribution in [3.05, 3.63) is 24.3 Å². The molecule has 1 aliphatic rings. The summed E-state index contributed by atoms with van der Waals surface area (Å²) in [7, 11) is 0. The minimum atomic E-state index is 0.288. The number of benzene rings is 1. The summed E-state index contributed by atoms with van der Waals surface area (Å²) in [6.07, 6.45) is 1.91. The quantitative estimate of drug-likeness (QED) is 0.644. The highest BCUT2D eigenvalue weighted by molar-refractivity contribution is 5.73. The third-order valence-electron chi connectivity index (χ3n) is 2.94. The monoisotopic (exact) mass is 258 g/mol. The number of para-hydroxylation sites is 2. The van der Waals surface area contributed by atoms with E-state index in [2.05, 4.69) is 21.3 Å². The molecule has 1 saturated heterocycles. The number of hydrogen-bond donors (Lipinski definition) is 1. The summed E-state index contributed by atoms with van der Waals surface area (Å²) in [5, 5.41) is 11.6. The molecular formula is C14H18N4O. The second kappa shape index (κ2) is 7.52. The minimum absolute atomic E-state index is 0.288. The van der Waals surface area contributed by atoms with Crippen LogP contribution in [0, 0.1) is 11.3 Å². The average molecular weight is 258 g/mol. The van der Waals surface area contributed by atoms with Crippen molar-refractivity contribution in [3.63, 3.8) is 0 Å². The van der Waals surface area contributed by atoms with Gasteiger partial charge in [-0.05, 0) is 12.1 Å². The summed E-state index contributed by atoms with van der Waals surface area (Å²) in [5.41, 5.74) is 1.76. The van der Waals surface area contributed by atoms with Crippen LogP contribution in [0.15, 0.2) is 29.3 Å². The van der Waals surface area contributed by atoms with Crippen molar-refractivity contribution in [3.8, 4) is 6.07 Å². The van der Waals surface area contributed by atoms with Crippen molar-refractivity contribution < 1.29 is 4.74 Å². The fraction of sp³-hybridized carbons (Fsp3) is 0.429. The zero-order valence-corrected chi connectivity index (χ0v) is 10.9. The Labute approximate surface area is 113 Å². The molecule has 0 unspecified atom stereocenters. The van der Waals surface area contributed by atoms with E-state index in [-0.39, 0.29) is 6.54 Å². The fourth-order valence-electron chi connectivity index (χ4n) is 1.91. The largest absolute Gasteiger partial charge is 0.379 e. The van der Waals surface area contributed by atoms with Gasteiger partial charge >= 0.3 is 0 Å². The van der Waals surface area contributed by atoms with Crippen LogP contribution in [0.1, 0.15) is 0 Å². The first-order valence-electron chi connectivity index (χ1n) is 6.42. The second-order valence-electron chi connectivity index (χ2n) is 4.25. The van der Waals surface area contributed by atoms with Gasteiger partial charge in [-0.25, -0.2) is 0 Å². The topological polar surface area (TPSA) is 60.7 Å². The normalized spacial score (nSPS) is 16.4. The zero-order chi connectivity index (χ0) is 13.3. The van der Waals surface area contributed by atoms with Crippen molar-refractivity contribution in [1.82, 2.24) is 4.90 Å². The van der Waals surface area contributed by atoms with Gasteiger partial charge in [0, 0.05) is 25.8 Å². The first-order chi connectivity index (χ1) is 9.40. The summed E-state index contributed by atoms with van der Waals surface area (Å²) in [5.74, 6) is 0. The highest BCUT2D eigenvalue weighted by Gasteiger charge is 2.08. The van der Waals surface area contributed by atoms with Crippen LogP contribution in [0.5, 0.6) is 0 Å². The molecule has 0 radical (unpaired) electrons. The van der Waals surface area contributed by atoms with Gasteiger partial charge in [-0.15, -0.1) is 0 Å². The van der Waals surface area contributed by atoms with Crippen LogP contribution in [0.25, 0.3) is 0 Å². The fourth-order valence-corrected chi connectivity index (χ4v) is 1.91. The Hall–Kier alpha value is -1.90. The van der Waals surface area contributed by atoms with E-state index in [4.69, 9.17) is 10.00 Å². The van der Waals surface area contributed by atoms with E-state index in [0.717, 1.165) is 44.2 Å². The van der Waals surface area contributed by atoms with Crippen LogP contribution in [-0.4, -0.2) is 50.5 Å². The molecule has 1 fully saturated rings. The molecule has 1 heterocycles. The molecule has 1 aromatic carbocycles. The van der Waals surface area contributed by atoms with Crippen LogP contribution in [0.3, 0.4) is 0 Å². The highest BCUT2D eigenvalue weighted by Crippen LogP contribution is 2.23. The van der Waals surface area contributed by atoms with Gasteiger partial charge in [0.15, 0.2) is 0 Å². The molecule has 0 atom stereocenters. The molecule has 1 aromatic rings. The van der Waals surface area contributed by atoms with Crippen LogP contribution in [0.2, 0.25) is 0 Å². The van der Waals surface area contributed by atoms with Gasteiger partial charge in [-0.3, -0.25) is 9.89 Å². The van der Waals surface area contributed by atoms with Crippen LogP contribution in [-0.2, 0) is 4.74 Å². The van der Waals surface area contributed by atoms with Crippen molar-refractivity contribution in [2.24, 2.45) is 4.99 Å². The smallest absolute Gasteiger partial charge is 0.103 e. The number of nitriles is 1. The maximum absolute atomic E-state index is 8.60.